The standard InChI is InChI=1S/C14H20N4O7/c1-6-16-14(15)17-18(6)13-12(25-9(4)21)11(24-8(3)20)10(5-22-13)23-7(2)19/h10-13H,5H2,1-4H3,(H2,15,17). The molecule has 0 saturated carbocycles. The smallest absolute Gasteiger partial charge is 0.303 e. The summed E-state index contributed by atoms with van der Waals surface area (Å²) in [7, 11) is 0. The van der Waals surface area contributed by atoms with Gasteiger partial charge in [0, 0.05) is 20.8 Å². The Balaban J connectivity index is 2.40. The fraction of sp³-hybridized carbons (Fsp3) is 0.643. The number of nitrogens with two attached hydrogens (primary N) is 1. The number of hydrogen-bond acceptors (Lipinski definition) is 10. The average Bonchev–Trinajstić information content (AvgIpc) is 2.79. The molecule has 2 rings (SSSR count). The number of rotatable bonds is 4. The van der Waals surface area contributed by atoms with Gasteiger partial charge < -0.3 is 24.7 Å². The molecule has 0 amide bonds. The molecule has 1 saturated heterocycles. The second-order valence-electron chi connectivity index (χ2n) is 5.48. The van der Waals surface area contributed by atoms with Gasteiger partial charge in [-0.15, -0.1) is 5.10 Å². The maximum Gasteiger partial charge on any atom is 0.303 e. The number of carbonyl (C=O) groups is 3. The van der Waals surface area contributed by atoms with Gasteiger partial charge in [0.15, 0.2) is 24.5 Å². The van der Waals surface area contributed by atoms with Crippen molar-refractivity contribution < 1.29 is 33.3 Å². The molecule has 4 unspecified atom stereocenters. The number of carbonyl (C=O) groups excluding carboxylic acids is 3. The minimum absolute atomic E-state index is 0.00817. The molecule has 0 radical (unpaired) electrons. The number of anilines is 1. The minimum Gasteiger partial charge on any atom is -0.456 e. The van der Waals surface area contributed by atoms with Gasteiger partial charge >= 0.3 is 17.9 Å². The van der Waals surface area contributed by atoms with Crippen molar-refractivity contribution in [2.75, 3.05) is 12.3 Å². The number of aromatic nitrogens is 3. The predicted molar refractivity (Wildman–Crippen MR) is 80.8 cm³/mol. The van der Waals surface area contributed by atoms with Crippen LogP contribution in [0.3, 0.4) is 0 Å². The van der Waals surface area contributed by atoms with E-state index in [9.17, 15) is 14.4 Å². The van der Waals surface area contributed by atoms with E-state index in [0.29, 0.717) is 5.82 Å². The third-order valence-corrected chi connectivity index (χ3v) is 3.38. The Hall–Kier alpha value is -2.69. The van der Waals surface area contributed by atoms with Gasteiger partial charge in [-0.3, -0.25) is 14.4 Å². The summed E-state index contributed by atoms with van der Waals surface area (Å²) in [5.41, 5.74) is 5.58. The van der Waals surface area contributed by atoms with Gasteiger partial charge in [-0.1, -0.05) is 0 Å². The molecule has 138 valence electrons. The second kappa shape index (κ2) is 7.47. The van der Waals surface area contributed by atoms with Crippen molar-refractivity contribution in [1.82, 2.24) is 14.8 Å². The number of aryl methyl sites for hydroxylation is 1. The van der Waals surface area contributed by atoms with E-state index in [-0.39, 0.29) is 12.6 Å². The Bertz CT molecular complexity index is 674. The molecule has 1 aromatic rings. The zero-order valence-electron chi connectivity index (χ0n) is 14.3. The minimum atomic E-state index is -1.11. The SMILES string of the molecule is CC(=O)OC1COC(n2nc(N)nc2C)C(OC(C)=O)C1OC(C)=O. The average molecular weight is 356 g/mol. The second-order valence-corrected chi connectivity index (χ2v) is 5.48. The van der Waals surface area contributed by atoms with Crippen LogP contribution in [-0.2, 0) is 33.3 Å². The summed E-state index contributed by atoms with van der Waals surface area (Å²) in [6.45, 7) is 5.13. The first-order chi connectivity index (χ1) is 11.7. The molecule has 11 nitrogen and oxygen atoms in total. The zero-order valence-corrected chi connectivity index (χ0v) is 14.3. The fourth-order valence-corrected chi connectivity index (χ4v) is 2.60. The van der Waals surface area contributed by atoms with Gasteiger partial charge in [0.05, 0.1) is 6.61 Å². The van der Waals surface area contributed by atoms with Gasteiger partial charge in [-0.2, -0.15) is 4.98 Å². The number of esters is 3. The quantitative estimate of drug-likeness (QED) is 0.553. The highest BCUT2D eigenvalue weighted by Gasteiger charge is 2.48. The third kappa shape index (κ3) is 4.44. The van der Waals surface area contributed by atoms with Crippen LogP contribution >= 0.6 is 0 Å². The molecule has 0 aromatic carbocycles. The zero-order chi connectivity index (χ0) is 18.7. The number of nitrogen functional groups attached to an aromatic ring is 1. The molecule has 1 aliphatic heterocycles. The first-order valence-electron chi connectivity index (χ1n) is 7.51. The first kappa shape index (κ1) is 18.6. The van der Waals surface area contributed by atoms with Crippen LogP contribution < -0.4 is 5.73 Å². The summed E-state index contributed by atoms with van der Waals surface area (Å²) in [5, 5.41) is 4.01. The monoisotopic (exact) mass is 356 g/mol. The van der Waals surface area contributed by atoms with E-state index >= 15 is 0 Å². The molecule has 0 spiro atoms. The number of nitrogens with zero attached hydrogens (tertiary/aromatic N) is 3. The van der Waals surface area contributed by atoms with Crippen molar-refractivity contribution in [3.8, 4) is 0 Å². The van der Waals surface area contributed by atoms with Crippen molar-refractivity contribution in [1.29, 1.82) is 0 Å². The van der Waals surface area contributed by atoms with Crippen molar-refractivity contribution in [2.45, 2.75) is 52.2 Å². The van der Waals surface area contributed by atoms with Crippen LogP contribution in [0, 0.1) is 6.92 Å². The highest BCUT2D eigenvalue weighted by atomic mass is 16.6. The first-order valence-corrected chi connectivity index (χ1v) is 7.51. The number of hydrogen-bond donors (Lipinski definition) is 1. The summed E-state index contributed by atoms with van der Waals surface area (Å²) in [4.78, 5) is 38.3. The molecule has 4 atom stereocenters. The van der Waals surface area contributed by atoms with E-state index < -0.39 is 42.4 Å². The van der Waals surface area contributed by atoms with E-state index in [1.54, 1.807) is 6.92 Å². The highest BCUT2D eigenvalue weighted by Crippen LogP contribution is 2.31. The predicted octanol–water partition coefficient (Wildman–Crippen LogP) is -0.507. The van der Waals surface area contributed by atoms with Gasteiger partial charge in [-0.05, 0) is 6.92 Å². The lowest BCUT2D eigenvalue weighted by Gasteiger charge is -2.40. The van der Waals surface area contributed by atoms with Crippen LogP contribution in [0.5, 0.6) is 0 Å². The van der Waals surface area contributed by atoms with Gasteiger partial charge in [0.1, 0.15) is 5.82 Å². The lowest BCUT2D eigenvalue weighted by atomic mass is 10.0. The Morgan fingerprint density at radius 1 is 1.08 bits per heavy atom. The summed E-state index contributed by atoms with van der Waals surface area (Å²) >= 11 is 0. The van der Waals surface area contributed by atoms with E-state index in [2.05, 4.69) is 10.1 Å². The topological polar surface area (TPSA) is 145 Å². The summed E-state index contributed by atoms with van der Waals surface area (Å²) < 4.78 is 22.6. The Kier molecular flexibility index (Phi) is 5.57. The molecular weight excluding hydrogens is 336 g/mol. The lowest BCUT2D eigenvalue weighted by molar-refractivity contribution is -0.241. The van der Waals surface area contributed by atoms with Crippen molar-refractivity contribution in [3.63, 3.8) is 0 Å². The van der Waals surface area contributed by atoms with E-state index in [1.807, 2.05) is 0 Å². The molecule has 2 heterocycles. The molecule has 0 bridgehead atoms. The van der Waals surface area contributed by atoms with E-state index in [4.69, 9.17) is 24.7 Å². The summed E-state index contributed by atoms with van der Waals surface area (Å²) in [6, 6.07) is 0. The Labute approximate surface area is 143 Å². The fourth-order valence-electron chi connectivity index (χ4n) is 2.60. The number of ether oxygens (including phenoxy) is 4. The van der Waals surface area contributed by atoms with Crippen LogP contribution in [0.1, 0.15) is 32.8 Å². The van der Waals surface area contributed by atoms with Crippen LogP contribution in [0.2, 0.25) is 0 Å². The van der Waals surface area contributed by atoms with Crippen LogP contribution in [0.25, 0.3) is 0 Å². The Morgan fingerprint density at radius 3 is 2.12 bits per heavy atom. The van der Waals surface area contributed by atoms with Crippen molar-refractivity contribution >= 4 is 23.9 Å². The summed E-state index contributed by atoms with van der Waals surface area (Å²) in [6.07, 6.45) is -4.08. The molecule has 0 aliphatic carbocycles. The third-order valence-electron chi connectivity index (χ3n) is 3.38. The van der Waals surface area contributed by atoms with Gasteiger partial charge in [-0.25, -0.2) is 4.68 Å². The maximum atomic E-state index is 11.5. The van der Waals surface area contributed by atoms with Crippen LogP contribution in [-0.4, -0.2) is 57.6 Å². The maximum absolute atomic E-state index is 11.5. The van der Waals surface area contributed by atoms with E-state index in [0.717, 1.165) is 0 Å². The molecule has 1 aliphatic rings. The lowest BCUT2D eigenvalue weighted by Crippen LogP contribution is -2.55. The van der Waals surface area contributed by atoms with E-state index in [1.165, 1.54) is 25.5 Å². The normalized spacial score (nSPS) is 25.9. The van der Waals surface area contributed by atoms with Crippen molar-refractivity contribution in [2.24, 2.45) is 0 Å². The molecule has 1 fully saturated rings. The van der Waals surface area contributed by atoms with Crippen LogP contribution in [0.4, 0.5) is 5.95 Å². The summed E-state index contributed by atoms with van der Waals surface area (Å²) in [5.74, 6) is -1.44. The molecule has 2 N–H and O–H groups in total. The highest BCUT2D eigenvalue weighted by molar-refractivity contribution is 5.68. The van der Waals surface area contributed by atoms with Crippen LogP contribution in [0.15, 0.2) is 0 Å². The largest absolute Gasteiger partial charge is 0.456 e. The van der Waals surface area contributed by atoms with Crippen molar-refractivity contribution in [3.05, 3.63) is 5.82 Å². The Morgan fingerprint density at radius 2 is 1.64 bits per heavy atom. The molecule has 1 aromatic heterocycles. The van der Waals surface area contributed by atoms with Gasteiger partial charge in [0.25, 0.3) is 0 Å². The van der Waals surface area contributed by atoms with Gasteiger partial charge in [0.2, 0.25) is 5.95 Å². The molecular formula is C14H20N4O7. The molecule has 25 heavy (non-hydrogen) atoms. The molecule has 11 heteroatoms.